The van der Waals surface area contributed by atoms with Crippen LogP contribution in [0.2, 0.25) is 10.0 Å². The monoisotopic (exact) mass is 372 g/mol. The first-order valence-corrected chi connectivity index (χ1v) is 8.55. The van der Waals surface area contributed by atoms with E-state index in [1.54, 1.807) is 0 Å². The zero-order valence-electron chi connectivity index (χ0n) is 11.8. The van der Waals surface area contributed by atoms with E-state index in [1.165, 1.54) is 22.5 Å². The third kappa shape index (κ3) is 3.84. The van der Waals surface area contributed by atoms with Gasteiger partial charge in [0.15, 0.2) is 0 Å². The first-order valence-electron chi connectivity index (χ1n) is 6.35. The molecule has 1 aromatic rings. The average molecular weight is 374 g/mol. The van der Waals surface area contributed by atoms with Gasteiger partial charge in [-0.1, -0.05) is 37.0 Å². The minimum Gasteiger partial charge on any atom is -0.327 e. The SMILES string of the molecule is CC1(C)CN(S(=O)(=O)c2ccc(Cl)cc2Cl)CCC1N.Cl. The molecule has 0 aliphatic carbocycles. The molecule has 4 nitrogen and oxygen atoms in total. The van der Waals surface area contributed by atoms with Crippen molar-refractivity contribution < 1.29 is 8.42 Å². The number of rotatable bonds is 2. The number of sulfonamides is 1. The number of hydrogen-bond acceptors (Lipinski definition) is 3. The molecule has 0 bridgehead atoms. The van der Waals surface area contributed by atoms with Crippen LogP contribution in [0.15, 0.2) is 23.1 Å². The number of halogens is 3. The lowest BCUT2D eigenvalue weighted by atomic mass is 9.81. The van der Waals surface area contributed by atoms with Crippen molar-refractivity contribution in [2.45, 2.75) is 31.2 Å². The lowest BCUT2D eigenvalue weighted by Gasteiger charge is -2.41. The Morgan fingerprint density at radius 3 is 2.48 bits per heavy atom. The van der Waals surface area contributed by atoms with E-state index >= 15 is 0 Å². The summed E-state index contributed by atoms with van der Waals surface area (Å²) in [6.45, 7) is 4.74. The molecule has 2 rings (SSSR count). The number of hydrogen-bond donors (Lipinski definition) is 1. The van der Waals surface area contributed by atoms with Crippen molar-refractivity contribution in [3.63, 3.8) is 0 Å². The highest BCUT2D eigenvalue weighted by Gasteiger charge is 2.39. The van der Waals surface area contributed by atoms with Gasteiger partial charge in [0.1, 0.15) is 4.90 Å². The van der Waals surface area contributed by atoms with Gasteiger partial charge in [0.05, 0.1) is 5.02 Å². The van der Waals surface area contributed by atoms with E-state index in [0.717, 1.165) is 0 Å². The molecule has 1 aromatic carbocycles. The Balaban J connectivity index is 0.00000220. The minimum absolute atomic E-state index is 0. The lowest BCUT2D eigenvalue weighted by molar-refractivity contribution is 0.155. The van der Waals surface area contributed by atoms with E-state index in [4.69, 9.17) is 28.9 Å². The van der Waals surface area contributed by atoms with E-state index in [9.17, 15) is 8.42 Å². The molecule has 0 radical (unpaired) electrons. The maximum Gasteiger partial charge on any atom is 0.244 e. The number of nitrogens with two attached hydrogens (primary N) is 1. The molecular weight excluding hydrogens is 355 g/mol. The molecule has 2 N–H and O–H groups in total. The van der Waals surface area contributed by atoms with Crippen molar-refractivity contribution in [1.82, 2.24) is 4.31 Å². The number of benzene rings is 1. The van der Waals surface area contributed by atoms with Crippen molar-refractivity contribution in [2.24, 2.45) is 11.1 Å². The smallest absolute Gasteiger partial charge is 0.244 e. The Hall–Kier alpha value is -0.0400. The summed E-state index contributed by atoms with van der Waals surface area (Å²) in [5.41, 5.74) is 5.78. The highest BCUT2D eigenvalue weighted by molar-refractivity contribution is 7.89. The van der Waals surface area contributed by atoms with Crippen LogP contribution in [0.4, 0.5) is 0 Å². The van der Waals surface area contributed by atoms with Gasteiger partial charge in [-0.3, -0.25) is 0 Å². The normalized spacial score (nSPS) is 22.6. The van der Waals surface area contributed by atoms with Crippen molar-refractivity contribution in [1.29, 1.82) is 0 Å². The Bertz CT molecular complexity index is 620. The summed E-state index contributed by atoms with van der Waals surface area (Å²) in [6, 6.07) is 4.41. The fraction of sp³-hybridized carbons (Fsp3) is 0.538. The number of piperidine rings is 1. The maximum atomic E-state index is 12.7. The highest BCUT2D eigenvalue weighted by Crippen LogP contribution is 2.33. The summed E-state index contributed by atoms with van der Waals surface area (Å²) < 4.78 is 26.8. The van der Waals surface area contributed by atoms with Crippen molar-refractivity contribution >= 4 is 45.6 Å². The predicted octanol–water partition coefficient (Wildman–Crippen LogP) is 3.16. The summed E-state index contributed by atoms with van der Waals surface area (Å²) >= 11 is 11.8. The first kappa shape index (κ1) is 19.0. The molecule has 1 aliphatic rings. The second kappa shape index (κ2) is 6.60. The molecule has 120 valence electrons. The van der Waals surface area contributed by atoms with E-state index in [-0.39, 0.29) is 33.8 Å². The molecule has 1 aliphatic heterocycles. The molecule has 0 aromatic heterocycles. The van der Waals surface area contributed by atoms with Gasteiger partial charge in [0.25, 0.3) is 0 Å². The van der Waals surface area contributed by atoms with Gasteiger partial charge >= 0.3 is 0 Å². The quantitative estimate of drug-likeness (QED) is 0.866. The fourth-order valence-corrected chi connectivity index (χ4v) is 4.73. The molecule has 1 unspecified atom stereocenters. The molecule has 1 atom stereocenters. The van der Waals surface area contributed by atoms with Crippen molar-refractivity contribution in [3.8, 4) is 0 Å². The van der Waals surface area contributed by atoms with Gasteiger partial charge in [-0.05, 0) is 30.0 Å². The minimum atomic E-state index is -3.62. The first-order chi connectivity index (χ1) is 9.14. The van der Waals surface area contributed by atoms with Crippen LogP contribution < -0.4 is 5.73 Å². The summed E-state index contributed by atoms with van der Waals surface area (Å²) in [6.07, 6.45) is 0.636. The second-order valence-corrected chi connectivity index (χ2v) is 8.55. The number of nitrogens with zero attached hydrogens (tertiary/aromatic N) is 1. The third-order valence-corrected chi connectivity index (χ3v) is 6.35. The maximum absolute atomic E-state index is 12.7. The van der Waals surface area contributed by atoms with Gasteiger partial charge in [-0.15, -0.1) is 12.4 Å². The van der Waals surface area contributed by atoms with Gasteiger partial charge < -0.3 is 5.73 Å². The standard InChI is InChI=1S/C13H18Cl2N2O2S.ClH/c1-13(2)8-17(6-5-12(13)16)20(18,19)11-4-3-9(14)7-10(11)15;/h3-4,7,12H,5-6,8,16H2,1-2H3;1H. The molecule has 8 heteroatoms. The average Bonchev–Trinajstić information content (AvgIpc) is 2.31. The van der Waals surface area contributed by atoms with Crippen LogP contribution in [0, 0.1) is 5.41 Å². The van der Waals surface area contributed by atoms with Crippen LogP contribution in [0.1, 0.15) is 20.3 Å². The molecule has 1 heterocycles. The van der Waals surface area contributed by atoms with Crippen LogP contribution in [0.5, 0.6) is 0 Å². The van der Waals surface area contributed by atoms with Crippen LogP contribution >= 0.6 is 35.6 Å². The van der Waals surface area contributed by atoms with Crippen LogP contribution in [0.3, 0.4) is 0 Å². The molecule has 0 amide bonds. The van der Waals surface area contributed by atoms with E-state index < -0.39 is 10.0 Å². The van der Waals surface area contributed by atoms with Gasteiger partial charge in [0.2, 0.25) is 10.0 Å². The van der Waals surface area contributed by atoms with Crippen molar-refractivity contribution in [3.05, 3.63) is 28.2 Å². The zero-order valence-corrected chi connectivity index (χ0v) is 15.0. The summed E-state index contributed by atoms with van der Waals surface area (Å²) in [5.74, 6) is 0. The molecule has 21 heavy (non-hydrogen) atoms. The molecule has 1 fully saturated rings. The van der Waals surface area contributed by atoms with Gasteiger partial charge in [-0.25, -0.2) is 8.42 Å². The Kier molecular flexibility index (Phi) is 5.98. The Morgan fingerprint density at radius 1 is 1.33 bits per heavy atom. The van der Waals surface area contributed by atoms with E-state index in [0.29, 0.717) is 24.5 Å². The second-order valence-electron chi connectivity index (χ2n) is 5.80. The van der Waals surface area contributed by atoms with Crippen LogP contribution in [-0.2, 0) is 10.0 Å². The van der Waals surface area contributed by atoms with Gasteiger partial charge in [0, 0.05) is 24.2 Å². The van der Waals surface area contributed by atoms with Crippen molar-refractivity contribution in [2.75, 3.05) is 13.1 Å². The highest BCUT2D eigenvalue weighted by atomic mass is 35.5. The zero-order chi connectivity index (χ0) is 15.1. The lowest BCUT2D eigenvalue weighted by Crippen LogP contribution is -2.53. The molecule has 1 saturated heterocycles. The molecule has 0 saturated carbocycles. The summed E-state index contributed by atoms with van der Waals surface area (Å²) in [7, 11) is -3.62. The molecule has 0 spiro atoms. The fourth-order valence-electron chi connectivity index (χ4n) is 2.35. The van der Waals surface area contributed by atoms with E-state index in [1.807, 2.05) is 13.8 Å². The summed E-state index contributed by atoms with van der Waals surface area (Å²) in [4.78, 5) is 0.0924. The topological polar surface area (TPSA) is 63.4 Å². The van der Waals surface area contributed by atoms with Crippen LogP contribution in [-0.4, -0.2) is 31.9 Å². The summed E-state index contributed by atoms with van der Waals surface area (Å²) in [5, 5.41) is 0.556. The van der Waals surface area contributed by atoms with E-state index in [2.05, 4.69) is 0 Å². The van der Waals surface area contributed by atoms with Crippen LogP contribution in [0.25, 0.3) is 0 Å². The van der Waals surface area contributed by atoms with Gasteiger partial charge in [-0.2, -0.15) is 4.31 Å². The third-order valence-electron chi connectivity index (χ3n) is 3.79. The Labute approximate surface area is 142 Å². The predicted molar refractivity (Wildman–Crippen MR) is 88.8 cm³/mol. The molecular formula is C13H19Cl3N2O2S. The Morgan fingerprint density at radius 2 is 1.95 bits per heavy atom. The largest absolute Gasteiger partial charge is 0.327 e.